The molecular weight excluding hydrogens is 1480 g/mol. The third-order valence-corrected chi connectivity index (χ3v) is 29.9. The van der Waals surface area contributed by atoms with Crippen LogP contribution in [0.1, 0.15) is 414 Å². The summed E-state index contributed by atoms with van der Waals surface area (Å²) in [6, 6.07) is 30.4. The van der Waals surface area contributed by atoms with Crippen LogP contribution in [0, 0.1) is 47.3 Å². The third-order valence-electron chi connectivity index (χ3n) is 29.9. The van der Waals surface area contributed by atoms with Gasteiger partial charge in [0.2, 0.25) is 0 Å². The van der Waals surface area contributed by atoms with Gasteiger partial charge in [-0.3, -0.25) is 0 Å². The van der Waals surface area contributed by atoms with Crippen LogP contribution in [0.5, 0.6) is 46.0 Å². The van der Waals surface area contributed by atoms with Crippen LogP contribution < -0.4 is 59.2 Å². The molecule has 0 spiro atoms. The molecule has 0 saturated carbocycles. The molecule has 16 atom stereocenters. The zero-order valence-electron chi connectivity index (χ0n) is 79.7. The van der Waals surface area contributed by atoms with Gasteiger partial charge in [0.1, 0.15) is 0 Å². The van der Waals surface area contributed by atoms with Gasteiger partial charge >= 0.3 is 0 Å². The Morgan fingerprint density at radius 3 is 0.483 bits per heavy atom. The van der Waals surface area contributed by atoms with Crippen LogP contribution in [-0.2, 0) is 0 Å². The lowest BCUT2D eigenvalue weighted by atomic mass is 9.82. The largest absolute Gasteiger partial charge is 0.489 e. The number of ether oxygens (including phenoxy) is 8. The zero-order chi connectivity index (χ0) is 85.4. The average molecular weight is 1660 g/mol. The fourth-order valence-electron chi connectivity index (χ4n) is 21.2. The highest BCUT2D eigenvalue weighted by Gasteiger charge is 2.50. The van der Waals surface area contributed by atoms with E-state index in [4.69, 9.17) is 59.2 Å². The lowest BCUT2D eigenvalue weighted by Crippen LogP contribution is -2.51. The van der Waals surface area contributed by atoms with E-state index in [1.807, 2.05) is 0 Å². The van der Waals surface area contributed by atoms with Crippen molar-refractivity contribution in [2.75, 3.05) is 52.9 Å². The first-order valence-electron chi connectivity index (χ1n) is 51.4. The molecule has 4 aromatic carbocycles. The van der Waals surface area contributed by atoms with Crippen molar-refractivity contribution in [1.29, 1.82) is 0 Å². The second kappa shape index (κ2) is 54.9. The van der Waals surface area contributed by atoms with E-state index in [2.05, 4.69) is 184 Å². The highest BCUT2D eigenvalue weighted by atomic mass is 16.5. The van der Waals surface area contributed by atoms with Crippen LogP contribution in [0.15, 0.2) is 72.8 Å². The van der Waals surface area contributed by atoms with E-state index in [1.165, 1.54) is 176 Å². The predicted molar refractivity (Wildman–Crippen MR) is 507 cm³/mol. The number of nitrogens with one attached hydrogen (secondary N) is 4. The molecule has 5 aliphatic rings. The Bertz CT molecular complexity index is 2920. The Morgan fingerprint density at radius 2 is 0.350 bits per heavy atom. The third kappa shape index (κ3) is 29.6. The van der Waals surface area contributed by atoms with Gasteiger partial charge in [-0.05, 0) is 221 Å². The molecule has 12 nitrogen and oxygen atoms in total. The van der Waals surface area contributed by atoms with Gasteiger partial charge in [0.05, 0.1) is 52.9 Å². The van der Waals surface area contributed by atoms with Gasteiger partial charge in [-0.15, -0.1) is 0 Å². The summed E-state index contributed by atoms with van der Waals surface area (Å²) in [6.45, 7) is 42.9. The number of benzene rings is 4. The van der Waals surface area contributed by atoms with Crippen LogP contribution in [0.3, 0.4) is 0 Å². The summed E-state index contributed by atoms with van der Waals surface area (Å²) >= 11 is 0. The Kier molecular flexibility index (Phi) is 45.2. The van der Waals surface area contributed by atoms with Crippen molar-refractivity contribution in [1.82, 2.24) is 21.3 Å². The molecule has 0 aliphatic carbocycles. The Labute approximate surface area is 735 Å². The van der Waals surface area contributed by atoms with Crippen molar-refractivity contribution in [2.45, 2.75) is 440 Å². The quantitative estimate of drug-likeness (QED) is 0.0337. The van der Waals surface area contributed by atoms with Crippen molar-refractivity contribution in [3.05, 3.63) is 95.1 Å². The first-order valence-corrected chi connectivity index (χ1v) is 51.4. The van der Waals surface area contributed by atoms with Crippen LogP contribution in [-0.4, -0.2) is 101 Å². The summed E-state index contributed by atoms with van der Waals surface area (Å²) < 4.78 is 57.5. The minimum absolute atomic E-state index is 0.136. The van der Waals surface area contributed by atoms with Gasteiger partial charge in [-0.25, -0.2) is 0 Å². The van der Waals surface area contributed by atoms with E-state index < -0.39 is 0 Å². The summed E-state index contributed by atoms with van der Waals surface area (Å²) in [5.41, 5.74) is 5.39. The molecule has 5 fully saturated rings. The fourth-order valence-corrected chi connectivity index (χ4v) is 21.2. The van der Waals surface area contributed by atoms with Gasteiger partial charge in [0.25, 0.3) is 0 Å². The number of hydrogen-bond acceptors (Lipinski definition) is 12. The van der Waals surface area contributed by atoms with Crippen LogP contribution in [0.25, 0.3) is 0 Å². The molecule has 4 aromatic rings. The van der Waals surface area contributed by atoms with Crippen molar-refractivity contribution < 1.29 is 37.9 Å². The average Bonchev–Trinajstić information content (AvgIpc) is 1.60. The molecule has 0 radical (unpaired) electrons. The minimum Gasteiger partial charge on any atom is -0.489 e. The van der Waals surface area contributed by atoms with Gasteiger partial charge in [0, 0.05) is 72.0 Å². The summed E-state index contributed by atoms with van der Waals surface area (Å²) in [5.74, 6) is 11.7. The highest BCUT2D eigenvalue weighted by Crippen LogP contribution is 2.50. The molecule has 120 heavy (non-hydrogen) atoms. The van der Waals surface area contributed by atoms with Crippen LogP contribution in [0.4, 0.5) is 0 Å². The maximum Gasteiger partial charge on any atom is 0.161 e. The summed E-state index contributed by atoms with van der Waals surface area (Å²) in [5, 5.41) is 18.8. The molecule has 4 N–H and O–H groups in total. The van der Waals surface area contributed by atoms with Crippen molar-refractivity contribution in [3.63, 3.8) is 0 Å². The fraction of sp³-hybridized carbons (Fsp3) is 0.778. The van der Waals surface area contributed by atoms with Crippen molar-refractivity contribution in [3.8, 4) is 46.0 Å². The first-order chi connectivity index (χ1) is 58.8. The number of rotatable bonds is 60. The summed E-state index contributed by atoms with van der Waals surface area (Å²) in [4.78, 5) is 0. The van der Waals surface area contributed by atoms with Gasteiger partial charge in [-0.1, -0.05) is 289 Å². The molecule has 5 heterocycles. The molecule has 680 valence electrons. The molecule has 5 saturated heterocycles. The van der Waals surface area contributed by atoms with Crippen molar-refractivity contribution in [2.24, 2.45) is 47.3 Å². The number of unbranched alkanes of at least 4 members (excludes halogenated alkanes) is 8. The van der Waals surface area contributed by atoms with E-state index >= 15 is 0 Å². The summed E-state index contributed by atoms with van der Waals surface area (Å²) in [7, 11) is 0. The summed E-state index contributed by atoms with van der Waals surface area (Å²) in [6.07, 6.45) is 46.0. The molecule has 0 amide bonds. The second-order valence-corrected chi connectivity index (χ2v) is 38.6. The molecule has 12 heteroatoms. The van der Waals surface area contributed by atoms with E-state index in [9.17, 15) is 0 Å². The molecule has 16 unspecified atom stereocenters. The Balaban J connectivity index is 1.24. The normalized spacial score (nSPS) is 24.3. The standard InChI is InChI=1S/C108H180N4O8/c1-17-33-41-77(25-9)69-113-97-61-49-85(65-101(97)117-73-81(29-13)45-37-21-5)105-89-53-55-91(109-89)106(86-50-62-98(114-70-78(26-10)42-34-18-2)102(66-86)118-74-82(30-14)46-38-22-6)93-57-59-95(111-93)108(88-52-64-100(116-72-80(28-12)44-36-20-4)104(68-88)120-76-84(32-16)48-40-24-8)96-60-58-94(112-96)107(92-56-54-90(105)110-92)87-51-63-99(115-71-79(27-11)43-35-19-3)103(67-87)119-75-83(31-15)47-39-23-7/h49-52,61-68,77-84,89-96,105-112H,17-48,53-60,69-76H2,1-16H3. The lowest BCUT2D eigenvalue weighted by molar-refractivity contribution is 0.198. The Hall–Kier alpha value is -4.88. The van der Waals surface area contributed by atoms with E-state index in [0.29, 0.717) is 100 Å². The monoisotopic (exact) mass is 1660 g/mol. The predicted octanol–water partition coefficient (Wildman–Crippen LogP) is 28.4. The van der Waals surface area contributed by atoms with Crippen LogP contribution in [0.2, 0.25) is 0 Å². The van der Waals surface area contributed by atoms with Crippen molar-refractivity contribution >= 4 is 0 Å². The maximum absolute atomic E-state index is 7.29. The number of fused-ring (bicyclic) bond motifs is 8. The maximum atomic E-state index is 7.29. The van der Waals surface area contributed by atoms with Crippen LogP contribution >= 0.6 is 0 Å². The first kappa shape index (κ1) is 98.9. The molecule has 5 aliphatic heterocycles. The smallest absolute Gasteiger partial charge is 0.161 e. The van der Waals surface area contributed by atoms with E-state index in [-0.39, 0.29) is 72.0 Å². The topological polar surface area (TPSA) is 122 Å². The van der Waals surface area contributed by atoms with Gasteiger partial charge in [-0.2, -0.15) is 0 Å². The second-order valence-electron chi connectivity index (χ2n) is 38.6. The molecule has 0 aromatic heterocycles. The number of hydrogen-bond donors (Lipinski definition) is 4. The highest BCUT2D eigenvalue weighted by molar-refractivity contribution is 5.50. The van der Waals surface area contributed by atoms with E-state index in [1.54, 1.807) is 0 Å². The zero-order valence-corrected chi connectivity index (χ0v) is 79.7. The SMILES string of the molecule is CCCCC(CC)COc1ccc(C2C3CCC(N3)C(c3ccc(OCC(CC)CCCC)c(OCC(CC)CCCC)c3)C3CCC(N3)C(c3ccc(OCC(CC)CCCC)c(OCC(CC)CCCC)c3)C3CCC(N3)C(c3ccc(OCC(CC)CCCC)c(OCC(CC)CCCC)c3)C3CCC2N3)cc1OCC(CC)CCCC. The van der Waals surface area contributed by atoms with Gasteiger partial charge < -0.3 is 59.2 Å². The Morgan fingerprint density at radius 1 is 0.208 bits per heavy atom. The molecule has 9 rings (SSSR count). The molecule has 8 bridgehead atoms. The minimum atomic E-state index is 0.136. The van der Waals surface area contributed by atoms with Gasteiger partial charge in [0.15, 0.2) is 46.0 Å². The lowest BCUT2D eigenvalue weighted by Gasteiger charge is -2.38. The van der Waals surface area contributed by atoms with E-state index in [0.717, 1.165) is 149 Å². The molecular formula is C108H180N4O8.